The molecule has 4 nitrogen and oxygen atoms in total. The van der Waals surface area contributed by atoms with E-state index in [4.69, 9.17) is 5.11 Å². The molecule has 2 atom stereocenters. The molecule has 1 aliphatic rings. The zero-order valence-corrected chi connectivity index (χ0v) is 11.3. The fourth-order valence-corrected chi connectivity index (χ4v) is 3.21. The van der Waals surface area contributed by atoms with E-state index in [1.165, 1.54) is 16.7 Å². The van der Waals surface area contributed by atoms with E-state index in [2.05, 4.69) is 6.92 Å². The van der Waals surface area contributed by atoms with Crippen LogP contribution >= 0.6 is 11.8 Å². The van der Waals surface area contributed by atoms with Crippen LogP contribution in [0.15, 0.2) is 0 Å². The number of carboxylic acids is 1. The first-order chi connectivity index (χ1) is 8.11. The van der Waals surface area contributed by atoms with Crippen molar-refractivity contribution in [3.05, 3.63) is 0 Å². The fraction of sp³-hybridized carbons (Fsp3) is 0.833. The molecule has 1 amide bonds. The van der Waals surface area contributed by atoms with Crippen molar-refractivity contribution in [3.63, 3.8) is 0 Å². The summed E-state index contributed by atoms with van der Waals surface area (Å²) >= 11 is 1.52. The van der Waals surface area contributed by atoms with Crippen molar-refractivity contribution in [2.45, 2.75) is 45.6 Å². The van der Waals surface area contributed by atoms with Crippen LogP contribution in [0.25, 0.3) is 0 Å². The van der Waals surface area contributed by atoms with Gasteiger partial charge in [-0.15, -0.1) is 11.8 Å². The van der Waals surface area contributed by atoms with Gasteiger partial charge in [0.1, 0.15) is 6.04 Å². The Morgan fingerprint density at radius 3 is 2.71 bits per heavy atom. The van der Waals surface area contributed by atoms with Crippen LogP contribution in [-0.2, 0) is 9.59 Å². The lowest BCUT2D eigenvalue weighted by Crippen LogP contribution is -2.44. The monoisotopic (exact) mass is 259 g/mol. The van der Waals surface area contributed by atoms with Crippen LogP contribution in [0.1, 0.15) is 39.5 Å². The van der Waals surface area contributed by atoms with E-state index in [0.717, 1.165) is 25.7 Å². The standard InChI is InChI=1S/C12H21NO3S/c1-3-5-6-9(4-2)11(14)13-8-17-7-10(13)12(15)16/h9-10H,3-8H2,1-2H3,(H,15,16)/t9?,10-/m0/s1. The first kappa shape index (κ1) is 14.4. The highest BCUT2D eigenvalue weighted by Crippen LogP contribution is 2.25. The number of carboxylic acid groups (broad SMARTS) is 1. The molecule has 1 unspecified atom stereocenters. The minimum atomic E-state index is -0.881. The fourth-order valence-electron chi connectivity index (χ4n) is 2.05. The van der Waals surface area contributed by atoms with Gasteiger partial charge in [-0.05, 0) is 12.8 Å². The number of carbonyl (C=O) groups is 2. The molecule has 1 aliphatic heterocycles. The van der Waals surface area contributed by atoms with Gasteiger partial charge in [0.15, 0.2) is 0 Å². The Morgan fingerprint density at radius 2 is 2.18 bits per heavy atom. The maximum atomic E-state index is 12.2. The number of carbonyl (C=O) groups excluding carboxylic acids is 1. The Morgan fingerprint density at radius 1 is 1.47 bits per heavy atom. The number of rotatable bonds is 6. The molecule has 1 N–H and O–H groups in total. The van der Waals surface area contributed by atoms with E-state index in [1.54, 1.807) is 0 Å². The van der Waals surface area contributed by atoms with Gasteiger partial charge in [0, 0.05) is 11.7 Å². The summed E-state index contributed by atoms with van der Waals surface area (Å²) in [6.45, 7) is 4.10. The zero-order valence-electron chi connectivity index (χ0n) is 10.5. The normalized spacial score (nSPS) is 21.5. The van der Waals surface area contributed by atoms with E-state index in [0.29, 0.717) is 11.6 Å². The Balaban J connectivity index is 2.63. The zero-order chi connectivity index (χ0) is 12.8. The van der Waals surface area contributed by atoms with Crippen LogP contribution in [0.5, 0.6) is 0 Å². The molecule has 1 rings (SSSR count). The summed E-state index contributed by atoms with van der Waals surface area (Å²) in [5.41, 5.74) is 0. The molecule has 0 bridgehead atoms. The van der Waals surface area contributed by atoms with Crippen LogP contribution in [0.2, 0.25) is 0 Å². The van der Waals surface area contributed by atoms with E-state index < -0.39 is 12.0 Å². The van der Waals surface area contributed by atoms with Crippen molar-refractivity contribution < 1.29 is 14.7 Å². The van der Waals surface area contributed by atoms with Crippen molar-refractivity contribution in [3.8, 4) is 0 Å². The second kappa shape index (κ2) is 6.89. The Bertz CT molecular complexity index is 283. The molecule has 0 aromatic heterocycles. The van der Waals surface area contributed by atoms with E-state index in [9.17, 15) is 9.59 Å². The maximum absolute atomic E-state index is 12.2. The number of hydrogen-bond acceptors (Lipinski definition) is 3. The number of aliphatic carboxylic acids is 1. The molecule has 98 valence electrons. The molecule has 0 aromatic rings. The Kier molecular flexibility index (Phi) is 5.82. The number of unbranched alkanes of at least 4 members (excludes halogenated alkanes) is 1. The van der Waals surface area contributed by atoms with Crippen molar-refractivity contribution >= 4 is 23.6 Å². The van der Waals surface area contributed by atoms with Crippen LogP contribution in [0.3, 0.4) is 0 Å². The molecule has 1 fully saturated rings. The molecule has 1 heterocycles. The first-order valence-electron chi connectivity index (χ1n) is 6.22. The molecular weight excluding hydrogens is 238 g/mol. The molecule has 0 radical (unpaired) electrons. The van der Waals surface area contributed by atoms with Gasteiger partial charge in [0.05, 0.1) is 5.88 Å². The molecule has 0 saturated carbocycles. The third-order valence-electron chi connectivity index (χ3n) is 3.20. The van der Waals surface area contributed by atoms with Gasteiger partial charge in [0.2, 0.25) is 5.91 Å². The second-order valence-corrected chi connectivity index (χ2v) is 5.41. The number of thioether (sulfide) groups is 1. The molecule has 1 saturated heterocycles. The van der Waals surface area contributed by atoms with Crippen LogP contribution < -0.4 is 0 Å². The molecule has 5 heteroatoms. The average Bonchev–Trinajstić information content (AvgIpc) is 2.78. The van der Waals surface area contributed by atoms with E-state index in [1.807, 2.05) is 6.92 Å². The van der Waals surface area contributed by atoms with Crippen molar-refractivity contribution in [2.75, 3.05) is 11.6 Å². The van der Waals surface area contributed by atoms with Gasteiger partial charge in [-0.25, -0.2) is 4.79 Å². The number of amides is 1. The average molecular weight is 259 g/mol. The summed E-state index contributed by atoms with van der Waals surface area (Å²) in [4.78, 5) is 24.8. The molecule has 0 spiro atoms. The van der Waals surface area contributed by atoms with Crippen LogP contribution in [0, 0.1) is 5.92 Å². The van der Waals surface area contributed by atoms with E-state index in [-0.39, 0.29) is 11.8 Å². The topological polar surface area (TPSA) is 57.6 Å². The summed E-state index contributed by atoms with van der Waals surface area (Å²) in [6, 6.07) is -0.622. The third kappa shape index (κ3) is 3.63. The minimum Gasteiger partial charge on any atom is -0.480 e. The highest BCUT2D eigenvalue weighted by Gasteiger charge is 2.36. The van der Waals surface area contributed by atoms with Crippen LogP contribution in [-0.4, -0.2) is 39.6 Å². The molecule has 0 aliphatic carbocycles. The summed E-state index contributed by atoms with van der Waals surface area (Å²) in [7, 11) is 0. The summed E-state index contributed by atoms with van der Waals surface area (Å²) in [5.74, 6) is 0.187. The summed E-state index contributed by atoms with van der Waals surface area (Å²) in [5, 5.41) is 9.06. The number of hydrogen-bond donors (Lipinski definition) is 1. The summed E-state index contributed by atoms with van der Waals surface area (Å²) in [6.07, 6.45) is 3.77. The SMILES string of the molecule is CCCCC(CC)C(=O)N1CSC[C@H]1C(=O)O. The lowest BCUT2D eigenvalue weighted by Gasteiger charge is -2.25. The largest absolute Gasteiger partial charge is 0.480 e. The molecule has 0 aromatic carbocycles. The number of nitrogens with zero attached hydrogens (tertiary/aromatic N) is 1. The van der Waals surface area contributed by atoms with Crippen LogP contribution in [0.4, 0.5) is 0 Å². The smallest absolute Gasteiger partial charge is 0.327 e. The van der Waals surface area contributed by atoms with Gasteiger partial charge >= 0.3 is 5.97 Å². The van der Waals surface area contributed by atoms with E-state index >= 15 is 0 Å². The van der Waals surface area contributed by atoms with Gasteiger partial charge < -0.3 is 10.0 Å². The Labute approximate surface area is 107 Å². The highest BCUT2D eigenvalue weighted by molar-refractivity contribution is 7.99. The summed E-state index contributed by atoms with van der Waals surface area (Å²) < 4.78 is 0. The maximum Gasteiger partial charge on any atom is 0.327 e. The van der Waals surface area contributed by atoms with Crippen molar-refractivity contribution in [1.29, 1.82) is 0 Å². The predicted molar refractivity (Wildman–Crippen MR) is 68.9 cm³/mol. The first-order valence-corrected chi connectivity index (χ1v) is 7.38. The highest BCUT2D eigenvalue weighted by atomic mass is 32.2. The van der Waals surface area contributed by atoms with Gasteiger partial charge in [-0.2, -0.15) is 0 Å². The molecular formula is C12H21NO3S. The third-order valence-corrected chi connectivity index (χ3v) is 4.21. The van der Waals surface area contributed by atoms with Gasteiger partial charge in [-0.1, -0.05) is 26.7 Å². The Hall–Kier alpha value is -0.710. The van der Waals surface area contributed by atoms with Crippen molar-refractivity contribution in [1.82, 2.24) is 4.90 Å². The van der Waals surface area contributed by atoms with Gasteiger partial charge in [-0.3, -0.25) is 4.79 Å². The van der Waals surface area contributed by atoms with Gasteiger partial charge in [0.25, 0.3) is 0 Å². The lowest BCUT2D eigenvalue weighted by molar-refractivity contribution is -0.149. The second-order valence-electron chi connectivity index (χ2n) is 4.41. The minimum absolute atomic E-state index is 0.00417. The van der Waals surface area contributed by atoms with Crippen molar-refractivity contribution in [2.24, 2.45) is 5.92 Å². The molecule has 17 heavy (non-hydrogen) atoms. The quantitative estimate of drug-likeness (QED) is 0.794. The predicted octanol–water partition coefficient (Wildman–Crippen LogP) is 2.19. The lowest BCUT2D eigenvalue weighted by atomic mass is 9.97.